The summed E-state index contributed by atoms with van der Waals surface area (Å²) in [6, 6.07) is 4.17. The molecule has 0 saturated heterocycles. The van der Waals surface area contributed by atoms with Crippen LogP contribution in [0.2, 0.25) is 0 Å². The van der Waals surface area contributed by atoms with Gasteiger partial charge < -0.3 is 5.32 Å². The molecule has 0 radical (unpaired) electrons. The maximum atomic E-state index is 13.1. The molecule has 0 bridgehead atoms. The molecule has 0 aliphatic heterocycles. The van der Waals surface area contributed by atoms with E-state index in [1.165, 1.54) is 23.4 Å². The molecule has 4 nitrogen and oxygen atoms in total. The standard InChI is InChI=1S/C13H15F3N4/c1-2-5-17-7-10-3-4-11(20-9-18-8-19-20)6-12(10)13(14,15)16/h3-4,6,8-9,17H,2,5,7H2,1H3. The van der Waals surface area contributed by atoms with Crippen LogP contribution in [0.25, 0.3) is 5.69 Å². The largest absolute Gasteiger partial charge is 0.416 e. The van der Waals surface area contributed by atoms with Crippen molar-refractivity contribution in [1.29, 1.82) is 0 Å². The minimum Gasteiger partial charge on any atom is -0.313 e. The second-order valence-corrected chi connectivity index (χ2v) is 4.36. The fraction of sp³-hybridized carbons (Fsp3) is 0.385. The third-order valence-electron chi connectivity index (χ3n) is 2.82. The SMILES string of the molecule is CCCNCc1ccc(-n2cncn2)cc1C(F)(F)F. The Hall–Kier alpha value is -1.89. The highest BCUT2D eigenvalue weighted by Crippen LogP contribution is 2.33. The summed E-state index contributed by atoms with van der Waals surface area (Å²) < 4.78 is 40.6. The van der Waals surface area contributed by atoms with E-state index >= 15 is 0 Å². The van der Waals surface area contributed by atoms with Crippen molar-refractivity contribution in [1.82, 2.24) is 20.1 Å². The van der Waals surface area contributed by atoms with E-state index in [2.05, 4.69) is 15.4 Å². The molecular formula is C13H15F3N4. The topological polar surface area (TPSA) is 42.7 Å². The number of nitrogens with one attached hydrogen (secondary N) is 1. The number of benzene rings is 1. The van der Waals surface area contributed by atoms with E-state index in [-0.39, 0.29) is 12.1 Å². The molecule has 2 aromatic rings. The highest BCUT2D eigenvalue weighted by atomic mass is 19.4. The molecule has 20 heavy (non-hydrogen) atoms. The van der Waals surface area contributed by atoms with Gasteiger partial charge in [0, 0.05) is 6.54 Å². The number of hydrogen-bond acceptors (Lipinski definition) is 3. The monoisotopic (exact) mass is 284 g/mol. The van der Waals surface area contributed by atoms with Crippen LogP contribution < -0.4 is 5.32 Å². The Morgan fingerprint density at radius 2 is 2.10 bits per heavy atom. The summed E-state index contributed by atoms with van der Waals surface area (Å²) in [5, 5.41) is 6.82. The maximum Gasteiger partial charge on any atom is 0.416 e. The average Bonchev–Trinajstić information content (AvgIpc) is 2.92. The number of halogens is 3. The van der Waals surface area contributed by atoms with Gasteiger partial charge in [-0.2, -0.15) is 18.3 Å². The summed E-state index contributed by atoms with van der Waals surface area (Å²) in [6.07, 6.45) is -0.868. The Labute approximate surface area is 114 Å². The van der Waals surface area contributed by atoms with E-state index in [4.69, 9.17) is 0 Å². The lowest BCUT2D eigenvalue weighted by molar-refractivity contribution is -0.138. The molecular weight excluding hydrogens is 269 g/mol. The van der Waals surface area contributed by atoms with Gasteiger partial charge in [-0.25, -0.2) is 9.67 Å². The molecule has 0 aliphatic carbocycles. The highest BCUT2D eigenvalue weighted by molar-refractivity contribution is 5.41. The predicted octanol–water partition coefficient (Wildman–Crippen LogP) is 2.79. The number of rotatable bonds is 5. The molecule has 0 aliphatic rings. The van der Waals surface area contributed by atoms with E-state index < -0.39 is 11.7 Å². The quantitative estimate of drug-likeness (QED) is 0.859. The van der Waals surface area contributed by atoms with E-state index in [1.807, 2.05) is 6.92 Å². The molecule has 0 atom stereocenters. The summed E-state index contributed by atoms with van der Waals surface area (Å²) in [5.41, 5.74) is -0.0713. The first-order valence-corrected chi connectivity index (χ1v) is 6.28. The van der Waals surface area contributed by atoms with Gasteiger partial charge in [0.2, 0.25) is 0 Å². The van der Waals surface area contributed by atoms with Crippen molar-refractivity contribution >= 4 is 0 Å². The molecule has 0 amide bonds. The van der Waals surface area contributed by atoms with Crippen LogP contribution in [0.1, 0.15) is 24.5 Å². The molecule has 0 saturated carbocycles. The summed E-state index contributed by atoms with van der Waals surface area (Å²) >= 11 is 0. The number of hydrogen-bond donors (Lipinski definition) is 1. The van der Waals surface area contributed by atoms with Gasteiger partial charge in [0.05, 0.1) is 11.3 Å². The van der Waals surface area contributed by atoms with Crippen molar-refractivity contribution in [3.05, 3.63) is 42.0 Å². The Balaban J connectivity index is 2.33. The summed E-state index contributed by atoms with van der Waals surface area (Å²) in [4.78, 5) is 3.73. The van der Waals surface area contributed by atoms with Crippen LogP contribution in [0.3, 0.4) is 0 Å². The molecule has 0 fully saturated rings. The smallest absolute Gasteiger partial charge is 0.313 e. The van der Waals surface area contributed by atoms with Crippen molar-refractivity contribution in [2.24, 2.45) is 0 Å². The molecule has 1 aromatic heterocycles. The van der Waals surface area contributed by atoms with Gasteiger partial charge in [0.15, 0.2) is 0 Å². The van der Waals surface area contributed by atoms with Gasteiger partial charge in [-0.05, 0) is 30.7 Å². The van der Waals surface area contributed by atoms with Crippen LogP contribution in [-0.4, -0.2) is 21.3 Å². The molecule has 1 heterocycles. The molecule has 0 unspecified atom stereocenters. The molecule has 0 spiro atoms. The van der Waals surface area contributed by atoms with E-state index in [0.29, 0.717) is 12.2 Å². The zero-order valence-corrected chi connectivity index (χ0v) is 11.0. The third kappa shape index (κ3) is 3.36. The Bertz CT molecular complexity index is 549. The van der Waals surface area contributed by atoms with Gasteiger partial charge in [-0.15, -0.1) is 0 Å². The summed E-state index contributed by atoms with van der Waals surface area (Å²) in [6.45, 7) is 2.84. The van der Waals surface area contributed by atoms with Gasteiger partial charge in [-0.1, -0.05) is 13.0 Å². The van der Waals surface area contributed by atoms with Gasteiger partial charge in [0.25, 0.3) is 0 Å². The Morgan fingerprint density at radius 3 is 2.70 bits per heavy atom. The minimum atomic E-state index is -4.39. The zero-order chi connectivity index (χ0) is 14.6. The lowest BCUT2D eigenvalue weighted by Gasteiger charge is -2.15. The second kappa shape index (κ2) is 6.04. The first-order valence-electron chi connectivity index (χ1n) is 6.28. The van der Waals surface area contributed by atoms with Crippen molar-refractivity contribution in [2.75, 3.05) is 6.54 Å². The molecule has 1 aromatic carbocycles. The van der Waals surface area contributed by atoms with E-state index in [9.17, 15) is 13.2 Å². The van der Waals surface area contributed by atoms with Crippen LogP contribution in [0.4, 0.5) is 13.2 Å². The summed E-state index contributed by atoms with van der Waals surface area (Å²) in [7, 11) is 0. The van der Waals surface area contributed by atoms with Crippen molar-refractivity contribution in [3.63, 3.8) is 0 Å². The Kier molecular flexibility index (Phi) is 4.39. The van der Waals surface area contributed by atoms with Gasteiger partial charge >= 0.3 is 6.18 Å². The van der Waals surface area contributed by atoms with E-state index in [0.717, 1.165) is 12.5 Å². The second-order valence-electron chi connectivity index (χ2n) is 4.36. The molecule has 1 N–H and O–H groups in total. The lowest BCUT2D eigenvalue weighted by Crippen LogP contribution is -2.18. The Morgan fingerprint density at radius 1 is 1.30 bits per heavy atom. The van der Waals surface area contributed by atoms with Gasteiger partial charge in [0.1, 0.15) is 12.7 Å². The number of alkyl halides is 3. The normalized spacial score (nSPS) is 11.8. The van der Waals surface area contributed by atoms with Crippen molar-refractivity contribution < 1.29 is 13.2 Å². The predicted molar refractivity (Wildman–Crippen MR) is 68.4 cm³/mol. The van der Waals surface area contributed by atoms with Crippen LogP contribution in [0.5, 0.6) is 0 Å². The fourth-order valence-corrected chi connectivity index (χ4v) is 1.87. The first-order chi connectivity index (χ1) is 9.52. The zero-order valence-electron chi connectivity index (χ0n) is 11.0. The number of aromatic nitrogens is 3. The fourth-order valence-electron chi connectivity index (χ4n) is 1.87. The number of nitrogens with zero attached hydrogens (tertiary/aromatic N) is 3. The van der Waals surface area contributed by atoms with Crippen LogP contribution in [0.15, 0.2) is 30.9 Å². The van der Waals surface area contributed by atoms with Gasteiger partial charge in [-0.3, -0.25) is 0 Å². The third-order valence-corrected chi connectivity index (χ3v) is 2.82. The first kappa shape index (κ1) is 14.5. The van der Waals surface area contributed by atoms with Crippen molar-refractivity contribution in [3.8, 4) is 5.69 Å². The van der Waals surface area contributed by atoms with Crippen molar-refractivity contribution in [2.45, 2.75) is 26.1 Å². The molecule has 2 rings (SSSR count). The molecule has 108 valence electrons. The summed E-state index contributed by atoms with van der Waals surface area (Å²) in [5.74, 6) is 0. The van der Waals surface area contributed by atoms with Crippen LogP contribution in [-0.2, 0) is 12.7 Å². The molecule has 7 heteroatoms. The van der Waals surface area contributed by atoms with E-state index in [1.54, 1.807) is 6.07 Å². The highest BCUT2D eigenvalue weighted by Gasteiger charge is 2.33. The van der Waals surface area contributed by atoms with Crippen LogP contribution >= 0.6 is 0 Å². The average molecular weight is 284 g/mol. The van der Waals surface area contributed by atoms with Crippen LogP contribution in [0, 0.1) is 0 Å². The minimum absolute atomic E-state index is 0.195. The lowest BCUT2D eigenvalue weighted by atomic mass is 10.1. The maximum absolute atomic E-state index is 13.1.